The number of rotatable bonds is 4. The van der Waals surface area contributed by atoms with E-state index in [2.05, 4.69) is 4.74 Å². The van der Waals surface area contributed by atoms with Crippen LogP contribution < -0.4 is 10.5 Å². The van der Waals surface area contributed by atoms with E-state index in [1.54, 1.807) is 0 Å². The van der Waals surface area contributed by atoms with Gasteiger partial charge in [0.15, 0.2) is 5.60 Å². The fourth-order valence-corrected chi connectivity index (χ4v) is 3.02. The zero-order valence-electron chi connectivity index (χ0n) is 13.1. The van der Waals surface area contributed by atoms with E-state index >= 15 is 0 Å². The Morgan fingerprint density at radius 2 is 1.96 bits per heavy atom. The van der Waals surface area contributed by atoms with Gasteiger partial charge < -0.3 is 15.2 Å². The minimum atomic E-state index is -4.85. The lowest BCUT2D eigenvalue weighted by molar-refractivity contribution is -0.272. The lowest BCUT2D eigenvalue weighted by Gasteiger charge is -2.32. The molecule has 1 saturated heterocycles. The fourth-order valence-electron chi connectivity index (χ4n) is 3.02. The van der Waals surface area contributed by atoms with Crippen molar-refractivity contribution in [3.8, 4) is 5.75 Å². The number of carbonyl (C=O) groups excluding carboxylic acids is 1. The van der Waals surface area contributed by atoms with Crippen LogP contribution in [-0.2, 0) is 9.53 Å². The van der Waals surface area contributed by atoms with Gasteiger partial charge in [-0.25, -0.2) is 4.39 Å². The Morgan fingerprint density at radius 1 is 1.36 bits per heavy atom. The molecule has 140 valence electrons. The van der Waals surface area contributed by atoms with E-state index in [0.29, 0.717) is 6.07 Å². The Hall–Kier alpha value is -1.97. The molecule has 4 atom stereocenters. The van der Waals surface area contributed by atoms with E-state index in [1.807, 2.05) is 0 Å². The molecule has 25 heavy (non-hydrogen) atoms. The third-order valence-corrected chi connectivity index (χ3v) is 4.50. The van der Waals surface area contributed by atoms with Crippen LogP contribution in [0, 0.1) is 11.7 Å². The van der Waals surface area contributed by atoms with Crippen molar-refractivity contribution in [3.63, 3.8) is 0 Å². The predicted molar refractivity (Wildman–Crippen MR) is 73.5 cm³/mol. The first-order chi connectivity index (χ1) is 11.4. The zero-order chi connectivity index (χ0) is 19.2. The van der Waals surface area contributed by atoms with E-state index in [0.717, 1.165) is 26.0 Å². The first-order valence-electron chi connectivity index (χ1n) is 7.16. The molecule has 1 amide bonds. The van der Waals surface area contributed by atoms with Gasteiger partial charge in [-0.1, -0.05) is 13.0 Å². The third kappa shape index (κ3) is 3.39. The summed E-state index contributed by atoms with van der Waals surface area (Å²) >= 11 is 0. The molecule has 2 N–H and O–H groups in total. The van der Waals surface area contributed by atoms with Crippen molar-refractivity contribution in [2.45, 2.75) is 44.3 Å². The van der Waals surface area contributed by atoms with Gasteiger partial charge in [0.2, 0.25) is 5.91 Å². The number of hydrogen-bond donors (Lipinski definition) is 1. The highest BCUT2D eigenvalue weighted by molar-refractivity contribution is 5.81. The van der Waals surface area contributed by atoms with Crippen LogP contribution >= 0.6 is 0 Å². The van der Waals surface area contributed by atoms with Gasteiger partial charge in [-0.2, -0.15) is 22.0 Å². The van der Waals surface area contributed by atoms with Crippen LogP contribution in [-0.4, -0.2) is 30.4 Å². The van der Waals surface area contributed by atoms with E-state index in [4.69, 9.17) is 10.5 Å². The van der Waals surface area contributed by atoms with Crippen LogP contribution in [0.1, 0.15) is 25.3 Å². The average molecular weight is 371 g/mol. The number of nitrogens with two attached hydrogens (primary N) is 1. The molecule has 1 aliphatic heterocycles. The molecule has 1 heterocycles. The molecule has 10 heteroatoms. The fraction of sp³-hybridized carbons (Fsp3) is 0.533. The van der Waals surface area contributed by atoms with Crippen molar-refractivity contribution in [3.05, 3.63) is 29.6 Å². The Labute approximate surface area is 138 Å². The molecule has 0 bridgehead atoms. The Kier molecular flexibility index (Phi) is 4.95. The largest absolute Gasteiger partial charge is 0.434 e. The maximum atomic E-state index is 13.4. The molecule has 1 aromatic carbocycles. The predicted octanol–water partition coefficient (Wildman–Crippen LogP) is 3.35. The summed E-state index contributed by atoms with van der Waals surface area (Å²) in [7, 11) is 0. The number of ether oxygens (including phenoxy) is 2. The lowest BCUT2D eigenvalue weighted by Crippen LogP contribution is -2.47. The van der Waals surface area contributed by atoms with Crippen molar-refractivity contribution < 1.29 is 40.6 Å². The molecule has 1 aromatic rings. The summed E-state index contributed by atoms with van der Waals surface area (Å²) in [4.78, 5) is 11.6. The van der Waals surface area contributed by atoms with Gasteiger partial charge in [0.1, 0.15) is 17.7 Å². The molecule has 2 rings (SSSR count). The summed E-state index contributed by atoms with van der Waals surface area (Å²) in [5.41, 5.74) is 2.18. The highest BCUT2D eigenvalue weighted by Gasteiger charge is 2.65. The number of amides is 1. The van der Waals surface area contributed by atoms with E-state index in [9.17, 15) is 31.1 Å². The Balaban J connectivity index is 2.58. The molecule has 0 spiro atoms. The van der Waals surface area contributed by atoms with Crippen LogP contribution in [0.2, 0.25) is 0 Å². The minimum Gasteiger partial charge on any atom is -0.434 e. The molecule has 1 fully saturated rings. The van der Waals surface area contributed by atoms with Gasteiger partial charge in [-0.15, -0.1) is 0 Å². The normalized spacial score (nSPS) is 29.9. The van der Waals surface area contributed by atoms with E-state index in [-0.39, 0.29) is 5.56 Å². The molecule has 1 aliphatic rings. The van der Waals surface area contributed by atoms with Crippen molar-refractivity contribution in [2.75, 3.05) is 0 Å². The number of primary amides is 1. The van der Waals surface area contributed by atoms with E-state index < -0.39 is 53.8 Å². The molecular formula is C15H15F6NO3. The number of carbonyl (C=O) groups is 1. The second-order valence-electron chi connectivity index (χ2n) is 5.92. The summed E-state index contributed by atoms with van der Waals surface area (Å²) in [6.45, 7) is -1.44. The van der Waals surface area contributed by atoms with Crippen LogP contribution in [0.5, 0.6) is 5.75 Å². The van der Waals surface area contributed by atoms with Crippen molar-refractivity contribution >= 4 is 5.91 Å². The Bertz CT molecular complexity index is 665. The number of alkyl halides is 5. The molecule has 4 nitrogen and oxygen atoms in total. The summed E-state index contributed by atoms with van der Waals surface area (Å²) in [5.74, 6) is -5.53. The zero-order valence-corrected chi connectivity index (χ0v) is 13.1. The van der Waals surface area contributed by atoms with Crippen molar-refractivity contribution in [1.82, 2.24) is 0 Å². The highest BCUT2D eigenvalue weighted by atomic mass is 19.4. The topological polar surface area (TPSA) is 61.5 Å². The van der Waals surface area contributed by atoms with Gasteiger partial charge in [-0.05, 0) is 13.0 Å². The first-order valence-corrected chi connectivity index (χ1v) is 7.16. The third-order valence-electron chi connectivity index (χ3n) is 4.50. The van der Waals surface area contributed by atoms with Crippen LogP contribution in [0.4, 0.5) is 26.3 Å². The summed E-state index contributed by atoms with van der Waals surface area (Å²) in [5, 5.41) is 0. The number of benzene rings is 1. The number of hydrogen-bond acceptors (Lipinski definition) is 3. The standard InChI is InChI=1S/C15H15F6NO3/c1-6-10(8-4-3-7(16)5-9(8)24-13(17)18)11(12(22)23)25-14(6,2)15(19,20)21/h3-6,10-11,13H,1-2H3,(H2,22,23). The molecule has 0 aliphatic carbocycles. The highest BCUT2D eigenvalue weighted by Crippen LogP contribution is 2.54. The van der Waals surface area contributed by atoms with E-state index in [1.165, 1.54) is 0 Å². The van der Waals surface area contributed by atoms with Gasteiger partial charge in [0.25, 0.3) is 0 Å². The van der Waals surface area contributed by atoms with Crippen molar-refractivity contribution in [1.29, 1.82) is 0 Å². The smallest absolute Gasteiger partial charge is 0.417 e. The lowest BCUT2D eigenvalue weighted by atomic mass is 9.77. The maximum absolute atomic E-state index is 13.4. The summed E-state index contributed by atoms with van der Waals surface area (Å²) in [6.07, 6.45) is -6.59. The molecule has 4 unspecified atom stereocenters. The van der Waals surface area contributed by atoms with Gasteiger partial charge in [0.05, 0.1) is 0 Å². The second kappa shape index (κ2) is 6.40. The molecular weight excluding hydrogens is 356 g/mol. The average Bonchev–Trinajstić information content (AvgIpc) is 2.72. The summed E-state index contributed by atoms with van der Waals surface area (Å²) in [6, 6.07) is 2.45. The van der Waals surface area contributed by atoms with Gasteiger partial charge in [-0.3, -0.25) is 4.79 Å². The monoisotopic (exact) mass is 371 g/mol. The van der Waals surface area contributed by atoms with Crippen molar-refractivity contribution in [2.24, 2.45) is 11.7 Å². The SMILES string of the molecule is CC1C(c2ccc(F)cc2OC(F)F)C(C(N)=O)OC1(C)C(F)(F)F. The quantitative estimate of drug-likeness (QED) is 0.826. The Morgan fingerprint density at radius 3 is 2.44 bits per heavy atom. The minimum absolute atomic E-state index is 0.217. The van der Waals surface area contributed by atoms with Crippen LogP contribution in [0.25, 0.3) is 0 Å². The summed E-state index contributed by atoms with van der Waals surface area (Å²) < 4.78 is 87.8. The molecule has 0 saturated carbocycles. The van der Waals surface area contributed by atoms with Crippen LogP contribution in [0.3, 0.4) is 0 Å². The second-order valence-corrected chi connectivity index (χ2v) is 5.92. The van der Waals surface area contributed by atoms with Gasteiger partial charge >= 0.3 is 12.8 Å². The maximum Gasteiger partial charge on any atom is 0.417 e. The molecule has 0 radical (unpaired) electrons. The molecule has 0 aromatic heterocycles. The van der Waals surface area contributed by atoms with Crippen LogP contribution in [0.15, 0.2) is 18.2 Å². The number of halogens is 6. The first kappa shape index (κ1) is 19.4. The van der Waals surface area contributed by atoms with Gasteiger partial charge in [0, 0.05) is 23.5 Å².